The van der Waals surface area contributed by atoms with Crippen molar-refractivity contribution in [1.82, 2.24) is 15.5 Å². The van der Waals surface area contributed by atoms with E-state index in [0.29, 0.717) is 11.1 Å². The maximum atomic E-state index is 12.8. The van der Waals surface area contributed by atoms with Crippen LogP contribution >= 0.6 is 0 Å². The normalized spacial score (nSPS) is 21.3. The van der Waals surface area contributed by atoms with Gasteiger partial charge in [-0.2, -0.15) is 13.2 Å². The Morgan fingerprint density at radius 1 is 1.18 bits per heavy atom. The van der Waals surface area contributed by atoms with Crippen molar-refractivity contribution in [2.75, 3.05) is 0 Å². The summed E-state index contributed by atoms with van der Waals surface area (Å²) in [6, 6.07) is 2.10. The molecule has 152 valence electrons. The first kappa shape index (κ1) is 20.2. The molecule has 28 heavy (non-hydrogen) atoms. The van der Waals surface area contributed by atoms with E-state index in [-0.39, 0.29) is 25.4 Å². The lowest BCUT2D eigenvalue weighted by molar-refractivity contribution is -0.137. The molecule has 9 heteroatoms. The molecule has 2 fully saturated rings. The third kappa shape index (κ3) is 4.82. The van der Waals surface area contributed by atoms with Crippen LogP contribution in [0.4, 0.5) is 18.0 Å². The zero-order valence-electron chi connectivity index (χ0n) is 15.4. The summed E-state index contributed by atoms with van der Waals surface area (Å²) >= 11 is 0. The fourth-order valence-electron chi connectivity index (χ4n) is 3.12. The summed E-state index contributed by atoms with van der Waals surface area (Å²) in [5, 5.41) is 4.52. The molecular weight excluding hydrogens is 375 g/mol. The van der Waals surface area contributed by atoms with Crippen molar-refractivity contribution in [3.05, 3.63) is 34.9 Å². The monoisotopic (exact) mass is 397 g/mol. The molecule has 1 aliphatic carbocycles. The van der Waals surface area contributed by atoms with E-state index >= 15 is 0 Å². The first-order valence-corrected chi connectivity index (χ1v) is 9.24. The summed E-state index contributed by atoms with van der Waals surface area (Å²) < 4.78 is 38.3. The van der Waals surface area contributed by atoms with Crippen LogP contribution in [0.3, 0.4) is 0 Å². The number of halogens is 3. The maximum absolute atomic E-state index is 12.8. The second-order valence-electron chi connectivity index (χ2n) is 7.39. The number of amides is 4. The van der Waals surface area contributed by atoms with Crippen molar-refractivity contribution in [2.24, 2.45) is 5.92 Å². The van der Waals surface area contributed by atoms with Gasteiger partial charge in [-0.15, -0.1) is 0 Å². The lowest BCUT2D eigenvalue weighted by Gasteiger charge is -2.21. The van der Waals surface area contributed by atoms with Gasteiger partial charge in [-0.05, 0) is 29.7 Å². The highest BCUT2D eigenvalue weighted by Crippen LogP contribution is 2.33. The molecule has 2 heterocycles. The van der Waals surface area contributed by atoms with Crippen LogP contribution in [0.15, 0.2) is 18.2 Å². The number of carbonyl (C=O) groups excluding carboxylic acids is 3. The minimum absolute atomic E-state index is 0.103. The second kappa shape index (κ2) is 7.81. The molecular formula is C19H22F3N3O3. The number of nitrogens with zero attached hydrogens (tertiary/aromatic N) is 1. The molecule has 2 atom stereocenters. The van der Waals surface area contributed by atoms with Crippen molar-refractivity contribution in [3.8, 4) is 0 Å². The number of hydrogen-bond donors (Lipinski definition) is 2. The van der Waals surface area contributed by atoms with E-state index in [0.717, 1.165) is 12.1 Å². The topological polar surface area (TPSA) is 78.5 Å². The van der Waals surface area contributed by atoms with Gasteiger partial charge >= 0.3 is 12.2 Å². The van der Waals surface area contributed by atoms with Gasteiger partial charge < -0.3 is 10.2 Å². The molecule has 0 radical (unpaired) electrons. The summed E-state index contributed by atoms with van der Waals surface area (Å²) in [7, 11) is 0. The summed E-state index contributed by atoms with van der Waals surface area (Å²) in [6.45, 7) is 1.97. The predicted octanol–water partition coefficient (Wildman–Crippen LogP) is 2.95. The fraction of sp³-hybridized carbons (Fsp3) is 0.526. The van der Waals surface area contributed by atoms with Gasteiger partial charge in [-0.3, -0.25) is 14.9 Å². The predicted molar refractivity (Wildman–Crippen MR) is 93.8 cm³/mol. The summed E-state index contributed by atoms with van der Waals surface area (Å²) in [5.41, 5.74) is 0.418. The van der Waals surface area contributed by atoms with E-state index < -0.39 is 35.6 Å². The van der Waals surface area contributed by atoms with Crippen molar-refractivity contribution in [1.29, 1.82) is 0 Å². The molecule has 1 aromatic carbocycles. The van der Waals surface area contributed by atoms with Crippen LogP contribution in [-0.4, -0.2) is 28.8 Å². The van der Waals surface area contributed by atoms with Crippen LogP contribution in [0.1, 0.15) is 49.3 Å². The minimum atomic E-state index is -4.42. The molecule has 2 unspecified atom stereocenters. The Bertz CT molecular complexity index is 790. The van der Waals surface area contributed by atoms with Gasteiger partial charge in [0, 0.05) is 19.0 Å². The van der Waals surface area contributed by atoms with Crippen LogP contribution in [0, 0.1) is 5.92 Å². The van der Waals surface area contributed by atoms with Gasteiger partial charge in [0.2, 0.25) is 5.91 Å². The smallest absolute Gasteiger partial charge is 0.334 e. The van der Waals surface area contributed by atoms with Crippen LogP contribution in [-0.2, 0) is 28.9 Å². The molecule has 1 saturated heterocycles. The number of benzene rings is 1. The summed E-state index contributed by atoms with van der Waals surface area (Å²) in [4.78, 5) is 36.6. The Morgan fingerprint density at radius 2 is 1.82 bits per heavy atom. The van der Waals surface area contributed by atoms with Gasteiger partial charge in [0.05, 0.1) is 5.56 Å². The number of alkyl halides is 3. The van der Waals surface area contributed by atoms with E-state index in [2.05, 4.69) is 10.6 Å². The summed E-state index contributed by atoms with van der Waals surface area (Å²) in [6.07, 6.45) is 0.213. The number of urea groups is 1. The number of rotatable bonds is 3. The van der Waals surface area contributed by atoms with Gasteiger partial charge in [0.15, 0.2) is 0 Å². The molecule has 6 nitrogen and oxygen atoms in total. The Hall–Kier alpha value is -2.58. The molecule has 2 aliphatic heterocycles. The van der Waals surface area contributed by atoms with E-state index in [1.165, 1.54) is 30.2 Å². The molecule has 1 saturated carbocycles. The first-order valence-electron chi connectivity index (χ1n) is 9.24. The maximum Gasteiger partial charge on any atom is 0.416 e. The molecule has 4 rings (SSSR count). The highest BCUT2D eigenvalue weighted by molar-refractivity contribution is 6.04. The van der Waals surface area contributed by atoms with E-state index in [4.69, 9.17) is 0 Å². The van der Waals surface area contributed by atoms with Crippen molar-refractivity contribution in [3.63, 3.8) is 0 Å². The Kier molecular flexibility index (Phi) is 5.62. The Morgan fingerprint density at radius 3 is 2.36 bits per heavy atom. The third-order valence-electron chi connectivity index (χ3n) is 4.79. The largest absolute Gasteiger partial charge is 0.416 e. The van der Waals surface area contributed by atoms with Crippen LogP contribution in [0.5, 0.6) is 0 Å². The standard InChI is InChI=1S/C16H16F3N3O3.C3H6/c1-8(4-12-13(23)21-15(25)20-12)14(24)22-6-9-2-3-11(16(17,18)19)5-10(9)7-22;1-2-3-1/h2-3,5,8,12H,4,6-7H2,1H3,(H2,20,21,23,25);1-3H2. The number of carbonyl (C=O) groups is 3. The number of imide groups is 1. The van der Waals surface area contributed by atoms with Crippen molar-refractivity contribution in [2.45, 2.75) is 57.9 Å². The van der Waals surface area contributed by atoms with E-state index in [1.54, 1.807) is 6.92 Å². The Balaban J connectivity index is 0.000000684. The van der Waals surface area contributed by atoms with Crippen molar-refractivity contribution >= 4 is 17.8 Å². The van der Waals surface area contributed by atoms with Gasteiger partial charge in [-0.1, -0.05) is 32.3 Å². The quantitative estimate of drug-likeness (QED) is 0.770. The van der Waals surface area contributed by atoms with Gasteiger partial charge in [0.1, 0.15) is 6.04 Å². The summed E-state index contributed by atoms with van der Waals surface area (Å²) in [5.74, 6) is -1.30. The third-order valence-corrected chi connectivity index (χ3v) is 4.79. The first-order chi connectivity index (χ1) is 13.1. The van der Waals surface area contributed by atoms with Crippen LogP contribution in [0.25, 0.3) is 0 Å². The fourth-order valence-corrected chi connectivity index (χ4v) is 3.12. The molecule has 1 aromatic rings. The zero-order chi connectivity index (χ0) is 20.5. The SMILES string of the molecule is C1CC1.CC(CC1NC(=O)NC1=O)C(=O)N1Cc2ccc(C(F)(F)F)cc2C1. The number of nitrogens with one attached hydrogen (secondary N) is 2. The molecule has 0 aromatic heterocycles. The highest BCUT2D eigenvalue weighted by Gasteiger charge is 2.36. The second-order valence-corrected chi connectivity index (χ2v) is 7.39. The van der Waals surface area contributed by atoms with Crippen LogP contribution < -0.4 is 10.6 Å². The molecule has 2 N–H and O–H groups in total. The lowest BCUT2D eigenvalue weighted by Crippen LogP contribution is -2.37. The molecule has 3 aliphatic rings. The minimum Gasteiger partial charge on any atom is -0.334 e. The van der Waals surface area contributed by atoms with E-state index in [1.807, 2.05) is 0 Å². The van der Waals surface area contributed by atoms with Crippen LogP contribution in [0.2, 0.25) is 0 Å². The number of hydrogen-bond acceptors (Lipinski definition) is 3. The number of fused-ring (bicyclic) bond motifs is 1. The van der Waals surface area contributed by atoms with E-state index in [9.17, 15) is 27.6 Å². The zero-order valence-corrected chi connectivity index (χ0v) is 15.4. The van der Waals surface area contributed by atoms with Crippen molar-refractivity contribution < 1.29 is 27.6 Å². The molecule has 0 bridgehead atoms. The van der Waals surface area contributed by atoms with Gasteiger partial charge in [-0.25, -0.2) is 4.79 Å². The Labute approximate surface area is 160 Å². The average Bonchev–Trinajstić information content (AvgIpc) is 3.38. The highest BCUT2D eigenvalue weighted by atomic mass is 19.4. The molecule has 0 spiro atoms. The average molecular weight is 397 g/mol. The van der Waals surface area contributed by atoms with Gasteiger partial charge in [0.25, 0.3) is 5.91 Å². The lowest BCUT2D eigenvalue weighted by atomic mass is 10.0. The molecule has 4 amide bonds.